The number of amides is 1. The number of aromatic nitrogens is 2. The molecule has 1 aliphatic carbocycles. The first kappa shape index (κ1) is 19.3. The van der Waals surface area contributed by atoms with E-state index in [2.05, 4.69) is 40.8 Å². The van der Waals surface area contributed by atoms with E-state index in [1.54, 1.807) is 6.08 Å². The molecule has 5 nitrogen and oxygen atoms in total. The van der Waals surface area contributed by atoms with E-state index in [9.17, 15) is 4.79 Å². The van der Waals surface area contributed by atoms with Gasteiger partial charge in [-0.3, -0.25) is 9.20 Å². The van der Waals surface area contributed by atoms with Crippen LogP contribution in [0.4, 0.5) is 0 Å². The third-order valence-electron chi connectivity index (χ3n) is 6.11. The van der Waals surface area contributed by atoms with Crippen molar-refractivity contribution in [2.45, 2.75) is 24.8 Å². The fourth-order valence-electron chi connectivity index (χ4n) is 4.22. The Morgan fingerprint density at radius 2 is 1.71 bits per heavy atom. The second kappa shape index (κ2) is 7.52. The Kier molecular flexibility index (Phi) is 4.68. The van der Waals surface area contributed by atoms with Gasteiger partial charge in [-0.15, -0.1) is 0 Å². The first-order valence-electron chi connectivity index (χ1n) is 10.5. The van der Waals surface area contributed by atoms with E-state index in [-0.39, 0.29) is 5.54 Å². The van der Waals surface area contributed by atoms with Crippen LogP contribution >= 0.6 is 0 Å². The summed E-state index contributed by atoms with van der Waals surface area (Å²) in [4.78, 5) is 16.1. The minimum Gasteiger partial charge on any atom is -0.366 e. The van der Waals surface area contributed by atoms with Gasteiger partial charge in [0.1, 0.15) is 5.65 Å². The van der Waals surface area contributed by atoms with E-state index in [4.69, 9.17) is 16.5 Å². The minimum atomic E-state index is -0.473. The lowest BCUT2D eigenvalue weighted by Crippen LogP contribution is -2.43. The molecule has 1 fully saturated rings. The Morgan fingerprint density at radius 1 is 0.968 bits per heavy atom. The van der Waals surface area contributed by atoms with Crippen LogP contribution in [-0.2, 0) is 10.3 Å². The van der Waals surface area contributed by atoms with Crippen molar-refractivity contribution in [3.8, 4) is 22.5 Å². The van der Waals surface area contributed by atoms with Gasteiger partial charge < -0.3 is 11.5 Å². The van der Waals surface area contributed by atoms with Gasteiger partial charge in [-0.25, -0.2) is 4.98 Å². The molecule has 0 unspecified atom stereocenters. The van der Waals surface area contributed by atoms with Crippen LogP contribution in [0.2, 0.25) is 0 Å². The number of nitrogens with two attached hydrogens (primary N) is 2. The van der Waals surface area contributed by atoms with Crippen LogP contribution < -0.4 is 11.5 Å². The molecule has 0 bridgehead atoms. The number of imidazole rings is 1. The van der Waals surface area contributed by atoms with Crippen molar-refractivity contribution in [2.75, 3.05) is 0 Å². The number of rotatable bonds is 5. The zero-order valence-corrected chi connectivity index (χ0v) is 17.2. The fraction of sp³-hybridized carbons (Fsp3) is 0.154. The topological polar surface area (TPSA) is 86.4 Å². The Bertz CT molecular complexity index is 1280. The molecule has 5 rings (SSSR count). The van der Waals surface area contributed by atoms with Crippen molar-refractivity contribution in [1.82, 2.24) is 9.38 Å². The van der Waals surface area contributed by atoms with Gasteiger partial charge in [-0.2, -0.15) is 0 Å². The quantitative estimate of drug-likeness (QED) is 0.477. The molecular weight excluding hydrogens is 384 g/mol. The van der Waals surface area contributed by atoms with Crippen LogP contribution in [-0.4, -0.2) is 15.3 Å². The van der Waals surface area contributed by atoms with Gasteiger partial charge in [0.15, 0.2) is 0 Å². The second-order valence-electron chi connectivity index (χ2n) is 8.19. The van der Waals surface area contributed by atoms with Crippen LogP contribution in [0, 0.1) is 0 Å². The lowest BCUT2D eigenvalue weighted by Gasteiger charge is -2.38. The van der Waals surface area contributed by atoms with E-state index in [1.165, 1.54) is 18.1 Å². The summed E-state index contributed by atoms with van der Waals surface area (Å²) in [6.45, 7) is 0. The average molecular weight is 409 g/mol. The van der Waals surface area contributed by atoms with E-state index < -0.39 is 5.91 Å². The van der Waals surface area contributed by atoms with Gasteiger partial charge in [-0.1, -0.05) is 54.6 Å². The SMILES string of the molecule is NC(=O)/C=C/c1ccc2nc(-c3ccc(C4(N)CCC4)cc3)c(-c3ccccc3)n2c1. The van der Waals surface area contributed by atoms with Gasteiger partial charge in [0.05, 0.1) is 11.4 Å². The van der Waals surface area contributed by atoms with E-state index in [0.717, 1.165) is 46.6 Å². The summed E-state index contributed by atoms with van der Waals surface area (Å²) in [5.74, 6) is -0.473. The van der Waals surface area contributed by atoms with E-state index in [0.29, 0.717) is 0 Å². The Labute approximate surface area is 181 Å². The summed E-state index contributed by atoms with van der Waals surface area (Å²) in [6, 6.07) is 22.6. The van der Waals surface area contributed by atoms with Gasteiger partial charge in [0.2, 0.25) is 5.91 Å². The molecule has 2 heterocycles. The highest BCUT2D eigenvalue weighted by Gasteiger charge is 2.34. The molecule has 1 aliphatic rings. The van der Waals surface area contributed by atoms with Gasteiger partial charge in [-0.05, 0) is 48.6 Å². The predicted molar refractivity (Wildman–Crippen MR) is 124 cm³/mol. The smallest absolute Gasteiger partial charge is 0.241 e. The summed E-state index contributed by atoms with van der Waals surface area (Å²) in [7, 11) is 0. The first-order chi connectivity index (χ1) is 15.0. The number of nitrogens with zero attached hydrogens (tertiary/aromatic N) is 2. The normalized spacial score (nSPS) is 15.3. The number of pyridine rings is 1. The fourth-order valence-corrected chi connectivity index (χ4v) is 4.22. The van der Waals surface area contributed by atoms with Crippen molar-refractivity contribution < 1.29 is 4.79 Å². The molecule has 0 radical (unpaired) electrons. The maximum Gasteiger partial charge on any atom is 0.241 e. The molecule has 2 aromatic heterocycles. The average Bonchev–Trinajstić information content (AvgIpc) is 3.15. The number of carbonyl (C=O) groups excluding carboxylic acids is 1. The maximum absolute atomic E-state index is 11.1. The van der Waals surface area contributed by atoms with Crippen LogP contribution in [0.15, 0.2) is 79.0 Å². The summed E-state index contributed by atoms with van der Waals surface area (Å²) >= 11 is 0. The number of fused-ring (bicyclic) bond motifs is 1. The van der Waals surface area contributed by atoms with Crippen molar-refractivity contribution >= 4 is 17.6 Å². The van der Waals surface area contributed by atoms with Crippen molar-refractivity contribution in [3.05, 3.63) is 90.1 Å². The molecule has 1 amide bonds. The van der Waals surface area contributed by atoms with E-state index in [1.807, 2.05) is 36.5 Å². The molecule has 2 aromatic carbocycles. The van der Waals surface area contributed by atoms with Crippen molar-refractivity contribution in [3.63, 3.8) is 0 Å². The van der Waals surface area contributed by atoms with Gasteiger partial charge in [0.25, 0.3) is 0 Å². The van der Waals surface area contributed by atoms with Gasteiger partial charge >= 0.3 is 0 Å². The van der Waals surface area contributed by atoms with E-state index >= 15 is 0 Å². The van der Waals surface area contributed by atoms with Crippen molar-refractivity contribution in [1.29, 1.82) is 0 Å². The van der Waals surface area contributed by atoms with Crippen LogP contribution in [0.1, 0.15) is 30.4 Å². The highest BCUT2D eigenvalue weighted by Crippen LogP contribution is 2.40. The molecule has 5 heteroatoms. The Balaban J connectivity index is 1.66. The summed E-state index contributed by atoms with van der Waals surface area (Å²) in [5, 5.41) is 0. The number of primary amides is 1. The van der Waals surface area contributed by atoms with Crippen LogP contribution in [0.3, 0.4) is 0 Å². The minimum absolute atomic E-state index is 0.179. The monoisotopic (exact) mass is 408 g/mol. The molecule has 4 N–H and O–H groups in total. The first-order valence-corrected chi connectivity index (χ1v) is 10.5. The third kappa shape index (κ3) is 3.53. The summed E-state index contributed by atoms with van der Waals surface area (Å²) in [5.41, 5.74) is 18.5. The molecular formula is C26H24N4O. The molecule has 0 atom stereocenters. The molecule has 154 valence electrons. The number of hydrogen-bond donors (Lipinski definition) is 2. The molecule has 1 saturated carbocycles. The number of carbonyl (C=O) groups is 1. The number of benzene rings is 2. The summed E-state index contributed by atoms with van der Waals surface area (Å²) < 4.78 is 2.07. The molecule has 0 aliphatic heterocycles. The summed E-state index contributed by atoms with van der Waals surface area (Å²) in [6.07, 6.45) is 8.32. The standard InChI is InChI=1S/C26H24N4O/c27-22(31)13-7-18-8-14-23-29-24(25(30(23)17-18)20-5-2-1-3-6-20)19-9-11-21(12-10-19)26(28)15-4-16-26/h1-3,5-14,17H,4,15-16,28H2,(H2,27,31)/b13-7+. The Morgan fingerprint density at radius 3 is 2.35 bits per heavy atom. The highest BCUT2D eigenvalue weighted by molar-refractivity contribution is 5.90. The zero-order chi connectivity index (χ0) is 21.4. The lowest BCUT2D eigenvalue weighted by molar-refractivity contribution is -0.113. The highest BCUT2D eigenvalue weighted by atomic mass is 16.1. The third-order valence-corrected chi connectivity index (χ3v) is 6.11. The molecule has 31 heavy (non-hydrogen) atoms. The maximum atomic E-state index is 11.1. The Hall–Kier alpha value is -3.70. The largest absolute Gasteiger partial charge is 0.366 e. The van der Waals surface area contributed by atoms with Crippen molar-refractivity contribution in [2.24, 2.45) is 11.5 Å². The van der Waals surface area contributed by atoms with Crippen LogP contribution in [0.25, 0.3) is 34.2 Å². The number of hydrogen-bond acceptors (Lipinski definition) is 3. The van der Waals surface area contributed by atoms with Gasteiger partial charge in [0, 0.05) is 28.9 Å². The second-order valence-corrected chi connectivity index (χ2v) is 8.19. The predicted octanol–water partition coefficient (Wildman–Crippen LogP) is 4.50. The lowest BCUT2D eigenvalue weighted by atomic mass is 9.72. The molecule has 4 aromatic rings. The van der Waals surface area contributed by atoms with Crippen LogP contribution in [0.5, 0.6) is 0 Å². The molecule has 0 spiro atoms. The zero-order valence-electron chi connectivity index (χ0n) is 17.2. The molecule has 0 saturated heterocycles.